The van der Waals surface area contributed by atoms with Gasteiger partial charge in [-0.2, -0.15) is 0 Å². The van der Waals surface area contributed by atoms with Crippen LogP contribution >= 0.6 is 0 Å². The van der Waals surface area contributed by atoms with E-state index in [9.17, 15) is 13.2 Å². The molecule has 0 N–H and O–H groups in total. The Labute approximate surface area is 158 Å². The first-order valence-electron chi connectivity index (χ1n) is 8.62. The van der Waals surface area contributed by atoms with E-state index >= 15 is 0 Å². The van der Waals surface area contributed by atoms with Crippen LogP contribution in [0, 0.1) is 0 Å². The van der Waals surface area contributed by atoms with Crippen molar-refractivity contribution in [3.05, 3.63) is 47.6 Å². The Morgan fingerprint density at radius 2 is 1.69 bits per heavy atom. The molecule has 4 atom stereocenters. The van der Waals surface area contributed by atoms with Crippen molar-refractivity contribution in [2.45, 2.75) is 54.6 Å². The summed E-state index contributed by atoms with van der Waals surface area (Å²) in [5.74, 6) is 0.258. The lowest BCUT2D eigenvalue weighted by molar-refractivity contribution is -0.154. The summed E-state index contributed by atoms with van der Waals surface area (Å²) in [6.07, 6.45) is 6.42. The van der Waals surface area contributed by atoms with Crippen molar-refractivity contribution in [2.24, 2.45) is 0 Å². The Hall–Kier alpha value is -1.73. The van der Waals surface area contributed by atoms with Gasteiger partial charge in [0.05, 0.1) is 37.1 Å². The molecule has 1 heterocycles. The highest BCUT2D eigenvalue weighted by Gasteiger charge is 2.29. The monoisotopic (exact) mass is 394 g/mol. The zero-order chi connectivity index (χ0) is 18.5. The molecule has 2 aliphatic rings. The van der Waals surface area contributed by atoms with Gasteiger partial charge in [-0.05, 0) is 37.8 Å². The maximum absolute atomic E-state index is 12.6. The molecule has 26 heavy (non-hydrogen) atoms. The largest absolute Gasteiger partial charge is 0.489 e. The van der Waals surface area contributed by atoms with E-state index in [1.54, 1.807) is 24.3 Å². The molecular formula is C19H22O5S2. The highest BCUT2D eigenvalue weighted by molar-refractivity contribution is 7.90. The van der Waals surface area contributed by atoms with E-state index in [1.807, 2.05) is 0 Å². The van der Waals surface area contributed by atoms with E-state index in [-0.39, 0.29) is 23.9 Å². The third-order valence-corrected chi connectivity index (χ3v) is 7.05. The molecular weight excluding hydrogens is 372 g/mol. The summed E-state index contributed by atoms with van der Waals surface area (Å²) in [6.45, 7) is 1.39. The summed E-state index contributed by atoms with van der Waals surface area (Å²) < 4.78 is 36.8. The van der Waals surface area contributed by atoms with E-state index in [0.717, 1.165) is 12.8 Å². The molecule has 0 aromatic heterocycles. The summed E-state index contributed by atoms with van der Waals surface area (Å²) in [7, 11) is -2.74. The quantitative estimate of drug-likeness (QED) is 0.582. The van der Waals surface area contributed by atoms with Gasteiger partial charge in [0.15, 0.2) is 0 Å². The lowest BCUT2D eigenvalue weighted by Gasteiger charge is -2.29. The minimum absolute atomic E-state index is 0.169. The Kier molecular flexibility index (Phi) is 6.43. The first-order valence-corrected chi connectivity index (χ1v) is 11.2. The Morgan fingerprint density at radius 1 is 1.04 bits per heavy atom. The van der Waals surface area contributed by atoms with Gasteiger partial charge >= 0.3 is 5.97 Å². The Bertz CT molecular complexity index is 784. The second-order valence-corrected chi connectivity index (χ2v) is 8.94. The minimum atomic E-state index is -1.42. The van der Waals surface area contributed by atoms with Crippen LogP contribution in [0.15, 0.2) is 57.4 Å². The molecule has 3 rings (SSSR count). The standard InChI is InChI=1S/C19H22O5S2/c1-14(20)23-16-8-4-2-3-5-9-17(16)24-15-12-25(21)18-10-6-7-11-19(18)26(22)13-15/h2-3,6-7,10-12,16-17H,4-5,8-9,13H2,1H3/b3-2-/t16-,17+,25+,26+/m0/s1. The normalized spacial score (nSPS) is 30.0. The molecule has 1 aliphatic carbocycles. The molecule has 5 nitrogen and oxygen atoms in total. The van der Waals surface area contributed by atoms with Gasteiger partial charge in [-0.3, -0.25) is 9.00 Å². The van der Waals surface area contributed by atoms with Crippen LogP contribution in [0.4, 0.5) is 0 Å². The van der Waals surface area contributed by atoms with Crippen molar-refractivity contribution in [1.29, 1.82) is 0 Å². The smallest absolute Gasteiger partial charge is 0.303 e. The van der Waals surface area contributed by atoms with E-state index < -0.39 is 21.6 Å². The Morgan fingerprint density at radius 3 is 2.38 bits per heavy atom. The lowest BCUT2D eigenvalue weighted by Crippen LogP contribution is -2.34. The van der Waals surface area contributed by atoms with Crippen LogP contribution in [0.2, 0.25) is 0 Å². The number of allylic oxidation sites excluding steroid dienone is 2. The number of esters is 1. The molecule has 1 aromatic carbocycles. The molecule has 0 bridgehead atoms. The second-order valence-electron chi connectivity index (χ2n) is 6.25. The number of hydrogen-bond acceptors (Lipinski definition) is 5. The zero-order valence-electron chi connectivity index (χ0n) is 14.6. The van der Waals surface area contributed by atoms with Crippen LogP contribution in [-0.4, -0.2) is 32.3 Å². The molecule has 1 aromatic rings. The number of fused-ring (bicyclic) bond motifs is 1. The number of hydrogen-bond donors (Lipinski definition) is 0. The summed E-state index contributed by atoms with van der Waals surface area (Å²) in [5, 5.41) is 1.53. The molecule has 140 valence electrons. The minimum Gasteiger partial charge on any atom is -0.489 e. The number of benzene rings is 1. The average Bonchev–Trinajstić information content (AvgIpc) is 2.71. The predicted molar refractivity (Wildman–Crippen MR) is 100 cm³/mol. The van der Waals surface area contributed by atoms with Crippen LogP contribution in [0.5, 0.6) is 0 Å². The fourth-order valence-corrected chi connectivity index (χ4v) is 5.80. The highest BCUT2D eigenvalue weighted by Crippen LogP contribution is 2.28. The Balaban J connectivity index is 1.81. The van der Waals surface area contributed by atoms with Crippen LogP contribution in [0.3, 0.4) is 0 Å². The van der Waals surface area contributed by atoms with Crippen molar-refractivity contribution < 1.29 is 22.7 Å². The third-order valence-electron chi connectivity index (χ3n) is 4.26. The lowest BCUT2D eigenvalue weighted by atomic mass is 10.00. The summed E-state index contributed by atoms with van der Waals surface area (Å²) in [5.41, 5.74) is 0. The predicted octanol–water partition coefficient (Wildman–Crippen LogP) is 3.20. The van der Waals surface area contributed by atoms with Crippen molar-refractivity contribution in [3.8, 4) is 0 Å². The fraction of sp³-hybridized carbons (Fsp3) is 0.421. The highest BCUT2D eigenvalue weighted by atomic mass is 32.2. The average molecular weight is 395 g/mol. The molecule has 0 fully saturated rings. The number of carbonyl (C=O) groups is 1. The third kappa shape index (κ3) is 4.71. The summed E-state index contributed by atoms with van der Waals surface area (Å²) >= 11 is 0. The molecule has 0 saturated heterocycles. The van der Waals surface area contributed by atoms with Crippen LogP contribution in [-0.2, 0) is 35.9 Å². The van der Waals surface area contributed by atoms with Gasteiger partial charge in [0.25, 0.3) is 0 Å². The van der Waals surface area contributed by atoms with Crippen LogP contribution < -0.4 is 0 Å². The van der Waals surface area contributed by atoms with E-state index in [4.69, 9.17) is 9.47 Å². The second kappa shape index (κ2) is 8.77. The van der Waals surface area contributed by atoms with Crippen molar-refractivity contribution >= 4 is 27.6 Å². The summed E-state index contributed by atoms with van der Waals surface area (Å²) in [4.78, 5) is 12.6. The van der Waals surface area contributed by atoms with Gasteiger partial charge in [0.1, 0.15) is 18.0 Å². The SMILES string of the molecule is CC(=O)O[C@H]1CC/C=C\CC[C@H]1OC1=C[S@@](=O)c2ccccc2[S@](=O)C1. The van der Waals surface area contributed by atoms with Gasteiger partial charge in [-0.15, -0.1) is 0 Å². The maximum atomic E-state index is 12.6. The van der Waals surface area contributed by atoms with Crippen LogP contribution in [0.25, 0.3) is 0 Å². The van der Waals surface area contributed by atoms with Gasteiger partial charge in [-0.25, -0.2) is 4.21 Å². The van der Waals surface area contributed by atoms with Crippen molar-refractivity contribution in [1.82, 2.24) is 0 Å². The first kappa shape index (κ1) is 19.0. The van der Waals surface area contributed by atoms with E-state index in [2.05, 4.69) is 12.2 Å². The molecule has 7 heteroatoms. The molecule has 0 saturated carbocycles. The molecule has 0 amide bonds. The van der Waals surface area contributed by atoms with E-state index in [1.165, 1.54) is 12.3 Å². The zero-order valence-corrected chi connectivity index (χ0v) is 16.2. The maximum Gasteiger partial charge on any atom is 0.303 e. The summed E-state index contributed by atoms with van der Waals surface area (Å²) in [6, 6.07) is 7.04. The van der Waals surface area contributed by atoms with Crippen molar-refractivity contribution in [2.75, 3.05) is 5.75 Å². The van der Waals surface area contributed by atoms with Gasteiger partial charge < -0.3 is 9.47 Å². The molecule has 0 spiro atoms. The molecule has 0 unspecified atom stereocenters. The fourth-order valence-electron chi connectivity index (χ4n) is 3.10. The number of carbonyl (C=O) groups excluding carboxylic acids is 1. The molecule has 1 aliphatic heterocycles. The topological polar surface area (TPSA) is 69.7 Å². The van der Waals surface area contributed by atoms with Gasteiger partial charge in [0.2, 0.25) is 0 Å². The number of ether oxygens (including phenoxy) is 2. The first-order chi connectivity index (χ1) is 12.5. The van der Waals surface area contributed by atoms with Crippen molar-refractivity contribution in [3.63, 3.8) is 0 Å². The van der Waals surface area contributed by atoms with Gasteiger partial charge in [0, 0.05) is 12.3 Å². The number of rotatable bonds is 3. The molecule has 0 radical (unpaired) electrons. The van der Waals surface area contributed by atoms with Crippen LogP contribution in [0.1, 0.15) is 32.6 Å². The van der Waals surface area contributed by atoms with Gasteiger partial charge in [-0.1, -0.05) is 24.3 Å². The van der Waals surface area contributed by atoms with E-state index in [0.29, 0.717) is 28.4 Å².